The van der Waals surface area contributed by atoms with Crippen molar-refractivity contribution in [1.82, 2.24) is 5.32 Å². The molecule has 2 aromatic carbocycles. The lowest BCUT2D eigenvalue weighted by Gasteiger charge is -2.08. The predicted molar refractivity (Wildman–Crippen MR) is 89.8 cm³/mol. The molecular weight excluding hydrogens is 325 g/mol. The van der Waals surface area contributed by atoms with Crippen LogP contribution in [-0.2, 0) is 9.53 Å². The minimum atomic E-state index is -0.616. The molecule has 5 nitrogen and oxygen atoms in total. The number of hydrogen-bond donors (Lipinski definition) is 1. The smallest absolute Gasteiger partial charge is 0.308 e. The van der Waals surface area contributed by atoms with E-state index >= 15 is 0 Å². The molecule has 6 heteroatoms. The Morgan fingerprint density at radius 2 is 1.84 bits per heavy atom. The lowest BCUT2D eigenvalue weighted by Crippen LogP contribution is -2.27. The van der Waals surface area contributed by atoms with Gasteiger partial charge in [0.1, 0.15) is 5.82 Å². The van der Waals surface area contributed by atoms with Gasteiger partial charge in [0.15, 0.2) is 12.4 Å². The monoisotopic (exact) mass is 343 g/mol. The average Bonchev–Trinajstić information content (AvgIpc) is 2.60. The summed E-state index contributed by atoms with van der Waals surface area (Å²) in [6.45, 7) is 1.45. The zero-order valence-electron chi connectivity index (χ0n) is 13.8. The first-order valence-corrected chi connectivity index (χ1v) is 7.75. The summed E-state index contributed by atoms with van der Waals surface area (Å²) >= 11 is 0. The standard InChI is InChI=1S/C19H18FNO4/c1-13-5-2-3-8-16(13)19(24)21-10-9-18(23)25-12-17(22)14-6-4-7-15(20)11-14/h2-8,11H,9-10,12H2,1H3,(H,21,24). The number of carbonyl (C=O) groups excluding carboxylic acids is 3. The van der Waals surface area contributed by atoms with Gasteiger partial charge in [-0.1, -0.05) is 30.3 Å². The number of halogens is 1. The van der Waals surface area contributed by atoms with Gasteiger partial charge in [-0.3, -0.25) is 14.4 Å². The summed E-state index contributed by atoms with van der Waals surface area (Å²) in [5.41, 5.74) is 1.51. The van der Waals surface area contributed by atoms with E-state index < -0.39 is 24.2 Å². The van der Waals surface area contributed by atoms with Crippen LogP contribution >= 0.6 is 0 Å². The Balaban J connectivity index is 1.73. The second kappa shape index (κ2) is 8.73. The second-order valence-electron chi connectivity index (χ2n) is 5.42. The fraction of sp³-hybridized carbons (Fsp3) is 0.211. The third kappa shape index (κ3) is 5.53. The number of rotatable bonds is 7. The Hall–Kier alpha value is -3.02. The zero-order chi connectivity index (χ0) is 18.2. The van der Waals surface area contributed by atoms with E-state index in [0.29, 0.717) is 5.56 Å². The summed E-state index contributed by atoms with van der Waals surface area (Å²) in [5.74, 6) is -1.91. The molecule has 0 saturated carbocycles. The topological polar surface area (TPSA) is 72.5 Å². The molecule has 0 aliphatic heterocycles. The first-order valence-electron chi connectivity index (χ1n) is 7.75. The molecule has 0 radical (unpaired) electrons. The van der Waals surface area contributed by atoms with Crippen molar-refractivity contribution in [2.24, 2.45) is 0 Å². The molecule has 0 bridgehead atoms. The molecule has 0 fully saturated rings. The molecule has 1 amide bonds. The first-order chi connectivity index (χ1) is 12.0. The number of nitrogens with one attached hydrogen (secondary N) is 1. The molecule has 2 aromatic rings. The highest BCUT2D eigenvalue weighted by molar-refractivity contribution is 5.98. The summed E-state index contributed by atoms with van der Waals surface area (Å²) in [6, 6.07) is 12.3. The van der Waals surface area contributed by atoms with Crippen molar-refractivity contribution in [3.05, 3.63) is 71.0 Å². The van der Waals surface area contributed by atoms with Crippen molar-refractivity contribution in [2.45, 2.75) is 13.3 Å². The van der Waals surface area contributed by atoms with E-state index in [1.54, 1.807) is 12.1 Å². The summed E-state index contributed by atoms with van der Waals surface area (Å²) in [4.78, 5) is 35.4. The molecule has 0 aromatic heterocycles. The molecule has 0 atom stereocenters. The molecule has 0 spiro atoms. The lowest BCUT2D eigenvalue weighted by molar-refractivity contribution is -0.142. The number of Topliss-reactive ketones (excluding diaryl/α,β-unsaturated/α-hetero) is 1. The van der Waals surface area contributed by atoms with Gasteiger partial charge < -0.3 is 10.1 Å². The fourth-order valence-corrected chi connectivity index (χ4v) is 2.16. The summed E-state index contributed by atoms with van der Waals surface area (Å²) in [7, 11) is 0. The Kier molecular flexibility index (Phi) is 6.39. The maximum atomic E-state index is 13.0. The predicted octanol–water partition coefficient (Wildman–Crippen LogP) is 2.68. The van der Waals surface area contributed by atoms with Crippen molar-refractivity contribution in [3.8, 4) is 0 Å². The van der Waals surface area contributed by atoms with Crippen LogP contribution in [0.4, 0.5) is 4.39 Å². The number of ketones is 1. The average molecular weight is 343 g/mol. The van der Waals surface area contributed by atoms with Gasteiger partial charge in [0.05, 0.1) is 6.42 Å². The fourth-order valence-electron chi connectivity index (χ4n) is 2.16. The van der Waals surface area contributed by atoms with E-state index in [0.717, 1.165) is 11.6 Å². The van der Waals surface area contributed by atoms with E-state index in [4.69, 9.17) is 4.74 Å². The van der Waals surface area contributed by atoms with Gasteiger partial charge in [-0.25, -0.2) is 4.39 Å². The molecule has 0 heterocycles. The van der Waals surface area contributed by atoms with Gasteiger partial charge in [0.2, 0.25) is 0 Å². The quantitative estimate of drug-likeness (QED) is 0.620. The minimum Gasteiger partial charge on any atom is -0.457 e. The molecule has 25 heavy (non-hydrogen) atoms. The highest BCUT2D eigenvalue weighted by Gasteiger charge is 2.12. The van der Waals surface area contributed by atoms with Crippen LogP contribution in [0.1, 0.15) is 32.7 Å². The van der Waals surface area contributed by atoms with Gasteiger partial charge >= 0.3 is 5.97 Å². The van der Waals surface area contributed by atoms with Crippen LogP contribution in [0.25, 0.3) is 0 Å². The second-order valence-corrected chi connectivity index (χ2v) is 5.42. The van der Waals surface area contributed by atoms with Crippen molar-refractivity contribution in [3.63, 3.8) is 0 Å². The number of benzene rings is 2. The van der Waals surface area contributed by atoms with E-state index in [1.807, 2.05) is 19.1 Å². The highest BCUT2D eigenvalue weighted by atomic mass is 19.1. The van der Waals surface area contributed by atoms with Crippen molar-refractivity contribution < 1.29 is 23.5 Å². The number of hydrogen-bond acceptors (Lipinski definition) is 4. The first kappa shape index (κ1) is 18.3. The van der Waals surface area contributed by atoms with Crippen LogP contribution in [0, 0.1) is 12.7 Å². The van der Waals surface area contributed by atoms with Gasteiger partial charge in [0, 0.05) is 17.7 Å². The van der Waals surface area contributed by atoms with E-state index in [9.17, 15) is 18.8 Å². The minimum absolute atomic E-state index is 0.0615. The maximum absolute atomic E-state index is 13.0. The van der Waals surface area contributed by atoms with Crippen molar-refractivity contribution in [1.29, 1.82) is 0 Å². The van der Waals surface area contributed by atoms with E-state index in [1.165, 1.54) is 18.2 Å². The Morgan fingerprint density at radius 1 is 1.08 bits per heavy atom. The molecule has 130 valence electrons. The molecule has 0 aliphatic rings. The van der Waals surface area contributed by atoms with Gasteiger partial charge in [-0.05, 0) is 30.7 Å². The van der Waals surface area contributed by atoms with Crippen LogP contribution < -0.4 is 5.32 Å². The molecule has 0 aliphatic carbocycles. The van der Waals surface area contributed by atoms with Crippen LogP contribution in [-0.4, -0.2) is 30.8 Å². The summed E-state index contributed by atoms with van der Waals surface area (Å²) in [5, 5.41) is 2.62. The van der Waals surface area contributed by atoms with Crippen LogP contribution in [0.5, 0.6) is 0 Å². The molecule has 2 rings (SSSR count). The Bertz CT molecular complexity index is 788. The van der Waals surface area contributed by atoms with Crippen molar-refractivity contribution in [2.75, 3.05) is 13.2 Å². The number of carbonyl (C=O) groups is 3. The van der Waals surface area contributed by atoms with E-state index in [2.05, 4.69) is 5.32 Å². The molecular formula is C19H18FNO4. The summed E-state index contributed by atoms with van der Waals surface area (Å²) < 4.78 is 17.9. The molecule has 0 unspecified atom stereocenters. The number of ether oxygens (including phenoxy) is 1. The number of esters is 1. The van der Waals surface area contributed by atoms with E-state index in [-0.39, 0.29) is 24.4 Å². The van der Waals surface area contributed by atoms with Gasteiger partial charge in [-0.15, -0.1) is 0 Å². The largest absolute Gasteiger partial charge is 0.457 e. The third-order valence-corrected chi connectivity index (χ3v) is 3.52. The number of amides is 1. The Morgan fingerprint density at radius 3 is 2.56 bits per heavy atom. The molecule has 1 N–H and O–H groups in total. The van der Waals surface area contributed by atoms with Crippen LogP contribution in [0.2, 0.25) is 0 Å². The van der Waals surface area contributed by atoms with Crippen LogP contribution in [0.15, 0.2) is 48.5 Å². The normalized spacial score (nSPS) is 10.2. The molecule has 0 saturated heterocycles. The van der Waals surface area contributed by atoms with Crippen molar-refractivity contribution >= 4 is 17.7 Å². The Labute approximate surface area is 144 Å². The van der Waals surface area contributed by atoms with Crippen LogP contribution in [0.3, 0.4) is 0 Å². The maximum Gasteiger partial charge on any atom is 0.308 e. The lowest BCUT2D eigenvalue weighted by atomic mass is 10.1. The summed E-state index contributed by atoms with van der Waals surface area (Å²) in [6.07, 6.45) is -0.0615. The zero-order valence-corrected chi connectivity index (χ0v) is 13.8. The highest BCUT2D eigenvalue weighted by Crippen LogP contribution is 2.07. The number of aryl methyl sites for hydroxylation is 1. The SMILES string of the molecule is Cc1ccccc1C(=O)NCCC(=O)OCC(=O)c1cccc(F)c1. The third-order valence-electron chi connectivity index (χ3n) is 3.52. The van der Waals surface area contributed by atoms with Gasteiger partial charge in [-0.2, -0.15) is 0 Å². The van der Waals surface area contributed by atoms with Gasteiger partial charge in [0.25, 0.3) is 5.91 Å².